The number of nitrogens with zero attached hydrogens (tertiary/aromatic N) is 2. The molecule has 5 heteroatoms. The van der Waals surface area contributed by atoms with Crippen molar-refractivity contribution in [1.29, 1.82) is 0 Å². The van der Waals surface area contributed by atoms with Crippen LogP contribution in [0.15, 0.2) is 36.4 Å². The van der Waals surface area contributed by atoms with E-state index in [4.69, 9.17) is 20.2 Å². The molecule has 3 rings (SSSR count). The normalized spacial score (nSPS) is 11.0. The van der Waals surface area contributed by atoms with Crippen LogP contribution in [-0.2, 0) is 6.54 Å². The summed E-state index contributed by atoms with van der Waals surface area (Å²) >= 11 is 0. The third-order valence-electron chi connectivity index (χ3n) is 3.87. The van der Waals surface area contributed by atoms with E-state index in [-0.39, 0.29) is 0 Å². The van der Waals surface area contributed by atoms with E-state index in [1.165, 1.54) is 0 Å². The lowest BCUT2D eigenvalue weighted by molar-refractivity contribution is 0.288. The number of aryl methyl sites for hydroxylation is 1. The number of nitrogen functional groups attached to an aromatic ring is 1. The molecule has 2 N–H and O–H groups in total. The molecule has 0 spiro atoms. The van der Waals surface area contributed by atoms with Crippen LogP contribution >= 0.6 is 0 Å². The number of nitrogens with two attached hydrogens (primary N) is 1. The summed E-state index contributed by atoms with van der Waals surface area (Å²) in [6.07, 6.45) is 0. The van der Waals surface area contributed by atoms with Crippen LogP contribution < -0.4 is 15.2 Å². The number of imidazole rings is 1. The van der Waals surface area contributed by atoms with Crippen LogP contribution in [-0.4, -0.2) is 22.8 Å². The van der Waals surface area contributed by atoms with Gasteiger partial charge in [0.1, 0.15) is 5.82 Å². The average molecular weight is 325 g/mol. The van der Waals surface area contributed by atoms with Gasteiger partial charge in [0.25, 0.3) is 0 Å². The van der Waals surface area contributed by atoms with Gasteiger partial charge in [0.05, 0.1) is 24.2 Å². The maximum Gasteiger partial charge on any atom is 0.163 e. The molecule has 0 fully saturated rings. The maximum absolute atomic E-state index is 5.93. The Balaban J connectivity index is 2.21. The van der Waals surface area contributed by atoms with Crippen molar-refractivity contribution >= 4 is 16.7 Å². The van der Waals surface area contributed by atoms with E-state index in [1.807, 2.05) is 50.2 Å². The molecule has 0 amide bonds. The zero-order valence-electron chi connectivity index (χ0n) is 14.4. The predicted octanol–water partition coefficient (Wildman–Crippen LogP) is 4.10. The molecule has 2 aromatic carbocycles. The number of hydrogen-bond donors (Lipinski definition) is 1. The van der Waals surface area contributed by atoms with Crippen molar-refractivity contribution in [3.8, 4) is 22.9 Å². The Kier molecular flexibility index (Phi) is 4.60. The van der Waals surface area contributed by atoms with Gasteiger partial charge in [0.15, 0.2) is 11.5 Å². The molecular formula is C19H23N3O2. The molecule has 3 aromatic rings. The first-order chi connectivity index (χ1) is 11.7. The summed E-state index contributed by atoms with van der Waals surface area (Å²) in [6, 6.07) is 11.8. The highest BCUT2D eigenvalue weighted by molar-refractivity contribution is 5.84. The van der Waals surface area contributed by atoms with Crippen molar-refractivity contribution in [3.05, 3.63) is 36.4 Å². The number of benzene rings is 2. The van der Waals surface area contributed by atoms with Gasteiger partial charge in [0, 0.05) is 29.9 Å². The zero-order valence-corrected chi connectivity index (χ0v) is 14.4. The molecule has 24 heavy (non-hydrogen) atoms. The van der Waals surface area contributed by atoms with E-state index in [0.29, 0.717) is 13.2 Å². The fourth-order valence-corrected chi connectivity index (χ4v) is 2.89. The second-order valence-electron chi connectivity index (χ2n) is 5.46. The smallest absolute Gasteiger partial charge is 0.163 e. The average Bonchev–Trinajstić information content (AvgIpc) is 2.93. The second-order valence-corrected chi connectivity index (χ2v) is 5.46. The monoisotopic (exact) mass is 325 g/mol. The number of hydrogen-bond acceptors (Lipinski definition) is 4. The van der Waals surface area contributed by atoms with Gasteiger partial charge in [-0.1, -0.05) is 12.1 Å². The summed E-state index contributed by atoms with van der Waals surface area (Å²) in [5, 5.41) is 0. The minimum absolute atomic E-state index is 0.585. The summed E-state index contributed by atoms with van der Waals surface area (Å²) in [6.45, 7) is 8.02. The lowest BCUT2D eigenvalue weighted by Gasteiger charge is -2.11. The van der Waals surface area contributed by atoms with Crippen LogP contribution in [0.3, 0.4) is 0 Å². The molecule has 0 saturated heterocycles. The van der Waals surface area contributed by atoms with Crippen LogP contribution in [0, 0.1) is 0 Å². The van der Waals surface area contributed by atoms with Crippen molar-refractivity contribution in [2.75, 3.05) is 18.9 Å². The lowest BCUT2D eigenvalue weighted by Crippen LogP contribution is -2.00. The molecule has 0 bridgehead atoms. The highest BCUT2D eigenvalue weighted by atomic mass is 16.5. The Labute approximate surface area is 142 Å². The van der Waals surface area contributed by atoms with Gasteiger partial charge in [-0.2, -0.15) is 0 Å². The quantitative estimate of drug-likeness (QED) is 0.693. The van der Waals surface area contributed by atoms with E-state index in [2.05, 4.69) is 11.5 Å². The van der Waals surface area contributed by atoms with Crippen LogP contribution in [0.4, 0.5) is 5.69 Å². The van der Waals surface area contributed by atoms with Crippen LogP contribution in [0.2, 0.25) is 0 Å². The Morgan fingerprint density at radius 1 is 1.00 bits per heavy atom. The van der Waals surface area contributed by atoms with Gasteiger partial charge in [0.2, 0.25) is 0 Å². The second kappa shape index (κ2) is 6.83. The molecular weight excluding hydrogens is 302 g/mol. The van der Waals surface area contributed by atoms with E-state index in [1.54, 1.807) is 0 Å². The standard InChI is InChI=1S/C19H23N3O2/c1-4-22-16-12-18(24-6-3)17(23-5-2)11-15(16)21-19(22)13-8-7-9-14(20)10-13/h7-12H,4-6,20H2,1-3H3. The first-order valence-electron chi connectivity index (χ1n) is 8.33. The largest absolute Gasteiger partial charge is 0.490 e. The van der Waals surface area contributed by atoms with Crippen molar-refractivity contribution < 1.29 is 9.47 Å². The Morgan fingerprint density at radius 3 is 2.33 bits per heavy atom. The molecule has 1 heterocycles. The van der Waals surface area contributed by atoms with E-state index >= 15 is 0 Å². The summed E-state index contributed by atoms with van der Waals surface area (Å²) in [5.74, 6) is 2.38. The molecule has 1 aromatic heterocycles. The third kappa shape index (κ3) is 2.89. The minimum Gasteiger partial charge on any atom is -0.490 e. The first-order valence-corrected chi connectivity index (χ1v) is 8.33. The molecule has 5 nitrogen and oxygen atoms in total. The van der Waals surface area contributed by atoms with E-state index in [0.717, 1.165) is 46.2 Å². The van der Waals surface area contributed by atoms with Gasteiger partial charge in [-0.15, -0.1) is 0 Å². The van der Waals surface area contributed by atoms with Gasteiger partial charge < -0.3 is 19.8 Å². The Bertz CT molecular complexity index is 855. The van der Waals surface area contributed by atoms with E-state index < -0.39 is 0 Å². The maximum atomic E-state index is 5.93. The van der Waals surface area contributed by atoms with E-state index in [9.17, 15) is 0 Å². The summed E-state index contributed by atoms with van der Waals surface area (Å²) < 4.78 is 13.6. The molecule has 0 aliphatic carbocycles. The summed E-state index contributed by atoms with van der Waals surface area (Å²) in [7, 11) is 0. The highest BCUT2D eigenvalue weighted by Gasteiger charge is 2.16. The Hall–Kier alpha value is -2.69. The number of aromatic nitrogens is 2. The summed E-state index contributed by atoms with van der Waals surface area (Å²) in [4.78, 5) is 4.81. The number of anilines is 1. The molecule has 0 aliphatic rings. The van der Waals surface area contributed by atoms with Crippen molar-refractivity contribution in [2.24, 2.45) is 0 Å². The number of ether oxygens (including phenoxy) is 2. The summed E-state index contributed by atoms with van der Waals surface area (Å²) in [5.41, 5.74) is 9.58. The highest BCUT2D eigenvalue weighted by Crippen LogP contribution is 2.35. The number of fused-ring (bicyclic) bond motifs is 1. The van der Waals surface area contributed by atoms with Crippen LogP contribution in [0.25, 0.3) is 22.4 Å². The van der Waals surface area contributed by atoms with Crippen LogP contribution in [0.1, 0.15) is 20.8 Å². The van der Waals surface area contributed by atoms with Crippen LogP contribution in [0.5, 0.6) is 11.5 Å². The fourth-order valence-electron chi connectivity index (χ4n) is 2.89. The van der Waals surface area contributed by atoms with Crippen molar-refractivity contribution in [2.45, 2.75) is 27.3 Å². The SMILES string of the molecule is CCOc1cc2nc(-c3cccc(N)c3)n(CC)c2cc1OCC. The lowest BCUT2D eigenvalue weighted by atomic mass is 10.2. The molecule has 0 saturated carbocycles. The fraction of sp³-hybridized carbons (Fsp3) is 0.316. The van der Waals surface area contributed by atoms with Gasteiger partial charge >= 0.3 is 0 Å². The minimum atomic E-state index is 0.585. The van der Waals surface area contributed by atoms with Crippen molar-refractivity contribution in [1.82, 2.24) is 9.55 Å². The zero-order chi connectivity index (χ0) is 17.1. The first kappa shape index (κ1) is 16.2. The molecule has 126 valence electrons. The van der Waals surface area contributed by atoms with Gasteiger partial charge in [-0.05, 0) is 32.9 Å². The topological polar surface area (TPSA) is 62.3 Å². The number of rotatable bonds is 6. The van der Waals surface area contributed by atoms with Gasteiger partial charge in [-0.3, -0.25) is 0 Å². The molecule has 0 radical (unpaired) electrons. The molecule has 0 unspecified atom stereocenters. The third-order valence-corrected chi connectivity index (χ3v) is 3.87. The van der Waals surface area contributed by atoms with Crippen molar-refractivity contribution in [3.63, 3.8) is 0 Å². The molecule has 0 aliphatic heterocycles. The Morgan fingerprint density at radius 2 is 1.71 bits per heavy atom. The van der Waals surface area contributed by atoms with Gasteiger partial charge in [-0.25, -0.2) is 4.98 Å². The predicted molar refractivity (Wildman–Crippen MR) is 97.6 cm³/mol. The molecule has 0 atom stereocenters.